The van der Waals surface area contributed by atoms with Crippen LogP contribution in [-0.4, -0.2) is 39.5 Å². The number of hydrogen-bond donors (Lipinski definition) is 1. The summed E-state index contributed by atoms with van der Waals surface area (Å²) in [5, 5.41) is 6.70. The molecule has 0 spiro atoms. The van der Waals surface area contributed by atoms with Crippen LogP contribution in [0.1, 0.15) is 10.6 Å². The summed E-state index contributed by atoms with van der Waals surface area (Å²) in [6.45, 7) is 0. The largest absolute Gasteiger partial charge is 0.493 e. The molecule has 1 N–H and O–H groups in total. The summed E-state index contributed by atoms with van der Waals surface area (Å²) in [6.07, 6.45) is 0. The first-order chi connectivity index (χ1) is 13.6. The molecule has 0 atom stereocenters. The average Bonchev–Trinajstić information content (AvgIpc) is 3.23. The van der Waals surface area contributed by atoms with Gasteiger partial charge >= 0.3 is 0 Å². The molecule has 0 saturated heterocycles. The number of rotatable bonds is 7. The molecule has 1 amide bonds. The van der Waals surface area contributed by atoms with Crippen molar-refractivity contribution in [1.82, 2.24) is 5.16 Å². The molecule has 0 aliphatic carbocycles. The van der Waals surface area contributed by atoms with Crippen molar-refractivity contribution in [2.75, 3.05) is 33.8 Å². The molecule has 0 aliphatic rings. The van der Waals surface area contributed by atoms with Gasteiger partial charge in [-0.2, -0.15) is 0 Å². The first kappa shape index (κ1) is 19.1. The van der Waals surface area contributed by atoms with Gasteiger partial charge in [0.1, 0.15) is 5.69 Å². The van der Waals surface area contributed by atoms with Gasteiger partial charge in [-0.05, 0) is 30.3 Å². The Morgan fingerprint density at radius 2 is 1.43 bits per heavy atom. The number of aromatic nitrogens is 1. The SMILES string of the molecule is COc1ccc(NC(=O)c2cc(-c3ccc(OC)c(OC)c3)no2)cc1OC. The third kappa shape index (κ3) is 3.85. The van der Waals surface area contributed by atoms with Gasteiger partial charge in [0.05, 0.1) is 28.4 Å². The summed E-state index contributed by atoms with van der Waals surface area (Å²) < 4.78 is 26.1. The van der Waals surface area contributed by atoms with E-state index in [0.717, 1.165) is 5.56 Å². The predicted molar refractivity (Wildman–Crippen MR) is 103 cm³/mol. The first-order valence-corrected chi connectivity index (χ1v) is 8.32. The summed E-state index contributed by atoms with van der Waals surface area (Å²) in [6, 6.07) is 11.9. The molecule has 0 radical (unpaired) electrons. The molecule has 0 fully saturated rings. The highest BCUT2D eigenvalue weighted by molar-refractivity contribution is 6.02. The number of nitrogens with one attached hydrogen (secondary N) is 1. The standard InChI is InChI=1S/C20H20N2O6/c1-24-15-7-5-12(9-17(15)26-3)14-11-19(28-22-14)20(23)21-13-6-8-16(25-2)18(10-13)27-4/h5-11H,1-4H3,(H,21,23). The molecule has 0 aliphatic heterocycles. The van der Waals surface area contributed by atoms with E-state index in [1.165, 1.54) is 7.11 Å². The predicted octanol–water partition coefficient (Wildman–Crippen LogP) is 3.63. The van der Waals surface area contributed by atoms with E-state index in [2.05, 4.69) is 10.5 Å². The zero-order valence-corrected chi connectivity index (χ0v) is 15.9. The van der Waals surface area contributed by atoms with Gasteiger partial charge in [-0.3, -0.25) is 4.79 Å². The molecule has 146 valence electrons. The zero-order chi connectivity index (χ0) is 20.1. The number of ether oxygens (including phenoxy) is 4. The van der Waals surface area contributed by atoms with Crippen LogP contribution in [0.3, 0.4) is 0 Å². The smallest absolute Gasteiger partial charge is 0.294 e. The second-order valence-electron chi connectivity index (χ2n) is 5.67. The second-order valence-corrected chi connectivity index (χ2v) is 5.67. The van der Waals surface area contributed by atoms with E-state index < -0.39 is 5.91 Å². The minimum atomic E-state index is -0.438. The highest BCUT2D eigenvalue weighted by Crippen LogP contribution is 2.32. The number of benzene rings is 2. The van der Waals surface area contributed by atoms with Crippen LogP contribution in [0.15, 0.2) is 47.0 Å². The van der Waals surface area contributed by atoms with E-state index in [0.29, 0.717) is 34.4 Å². The lowest BCUT2D eigenvalue weighted by Gasteiger charge is -2.09. The highest BCUT2D eigenvalue weighted by Gasteiger charge is 2.16. The lowest BCUT2D eigenvalue weighted by Crippen LogP contribution is -2.11. The third-order valence-electron chi connectivity index (χ3n) is 4.05. The fourth-order valence-corrected chi connectivity index (χ4v) is 2.62. The molecule has 0 bridgehead atoms. The van der Waals surface area contributed by atoms with Crippen molar-refractivity contribution in [3.63, 3.8) is 0 Å². The molecule has 28 heavy (non-hydrogen) atoms. The number of carbonyl (C=O) groups is 1. The van der Waals surface area contributed by atoms with Crippen LogP contribution in [0.5, 0.6) is 23.0 Å². The number of anilines is 1. The Morgan fingerprint density at radius 3 is 2.07 bits per heavy atom. The summed E-state index contributed by atoms with van der Waals surface area (Å²) in [4.78, 5) is 12.5. The van der Waals surface area contributed by atoms with Gasteiger partial charge in [-0.15, -0.1) is 0 Å². The molecule has 8 heteroatoms. The Balaban J connectivity index is 1.79. The Labute approximate surface area is 162 Å². The molecule has 3 aromatic rings. The van der Waals surface area contributed by atoms with Crippen molar-refractivity contribution >= 4 is 11.6 Å². The van der Waals surface area contributed by atoms with Crippen molar-refractivity contribution in [3.8, 4) is 34.3 Å². The maximum atomic E-state index is 12.5. The van der Waals surface area contributed by atoms with Crippen molar-refractivity contribution in [3.05, 3.63) is 48.2 Å². The van der Waals surface area contributed by atoms with Gasteiger partial charge in [0.2, 0.25) is 5.76 Å². The van der Waals surface area contributed by atoms with Crippen LogP contribution in [0, 0.1) is 0 Å². The molecule has 8 nitrogen and oxygen atoms in total. The van der Waals surface area contributed by atoms with Gasteiger partial charge in [0, 0.05) is 23.4 Å². The van der Waals surface area contributed by atoms with E-state index in [-0.39, 0.29) is 5.76 Å². The quantitative estimate of drug-likeness (QED) is 0.665. The van der Waals surface area contributed by atoms with Crippen molar-refractivity contribution < 1.29 is 28.3 Å². The number of amides is 1. The minimum absolute atomic E-state index is 0.0690. The van der Waals surface area contributed by atoms with Crippen molar-refractivity contribution in [2.24, 2.45) is 0 Å². The maximum absolute atomic E-state index is 12.5. The highest BCUT2D eigenvalue weighted by atomic mass is 16.5. The average molecular weight is 384 g/mol. The van der Waals surface area contributed by atoms with E-state index in [1.807, 2.05) is 0 Å². The van der Waals surface area contributed by atoms with Gasteiger partial charge in [0.15, 0.2) is 23.0 Å². The van der Waals surface area contributed by atoms with Gasteiger partial charge in [0.25, 0.3) is 5.91 Å². The topological polar surface area (TPSA) is 92.1 Å². The van der Waals surface area contributed by atoms with Crippen LogP contribution in [0.4, 0.5) is 5.69 Å². The maximum Gasteiger partial charge on any atom is 0.294 e. The van der Waals surface area contributed by atoms with Crippen LogP contribution < -0.4 is 24.3 Å². The first-order valence-electron chi connectivity index (χ1n) is 8.32. The summed E-state index contributed by atoms with van der Waals surface area (Å²) in [7, 11) is 6.17. The fourth-order valence-electron chi connectivity index (χ4n) is 2.62. The lowest BCUT2D eigenvalue weighted by molar-refractivity contribution is 0.0988. The fraction of sp³-hybridized carbons (Fsp3) is 0.200. The Bertz CT molecular complexity index is 983. The normalized spacial score (nSPS) is 10.3. The number of methoxy groups -OCH3 is 4. The van der Waals surface area contributed by atoms with Crippen LogP contribution in [0.2, 0.25) is 0 Å². The Kier molecular flexibility index (Phi) is 5.69. The third-order valence-corrected chi connectivity index (χ3v) is 4.05. The van der Waals surface area contributed by atoms with E-state index in [4.69, 9.17) is 23.5 Å². The van der Waals surface area contributed by atoms with E-state index >= 15 is 0 Å². The van der Waals surface area contributed by atoms with Gasteiger partial charge < -0.3 is 28.8 Å². The molecule has 0 saturated carbocycles. The molecule has 0 unspecified atom stereocenters. The van der Waals surface area contributed by atoms with E-state index in [1.54, 1.807) is 63.8 Å². The van der Waals surface area contributed by atoms with Gasteiger partial charge in [-0.1, -0.05) is 5.16 Å². The molecule has 3 rings (SSSR count). The molecule has 1 aromatic heterocycles. The number of nitrogens with zero attached hydrogens (tertiary/aromatic N) is 1. The number of hydrogen-bond acceptors (Lipinski definition) is 7. The summed E-state index contributed by atoms with van der Waals surface area (Å²) >= 11 is 0. The monoisotopic (exact) mass is 384 g/mol. The molecule has 1 heterocycles. The summed E-state index contributed by atoms with van der Waals surface area (Å²) in [5.41, 5.74) is 1.76. The summed E-state index contributed by atoms with van der Waals surface area (Å²) in [5.74, 6) is 1.85. The Morgan fingerprint density at radius 1 is 0.821 bits per heavy atom. The van der Waals surface area contributed by atoms with Crippen molar-refractivity contribution in [2.45, 2.75) is 0 Å². The molecular weight excluding hydrogens is 364 g/mol. The van der Waals surface area contributed by atoms with Gasteiger partial charge in [-0.25, -0.2) is 0 Å². The lowest BCUT2D eigenvalue weighted by atomic mass is 10.1. The molecule has 2 aromatic carbocycles. The number of carbonyl (C=O) groups excluding carboxylic acids is 1. The van der Waals surface area contributed by atoms with Crippen LogP contribution >= 0.6 is 0 Å². The second kappa shape index (κ2) is 8.34. The van der Waals surface area contributed by atoms with E-state index in [9.17, 15) is 4.79 Å². The molecular formula is C20H20N2O6. The Hall–Kier alpha value is -3.68. The van der Waals surface area contributed by atoms with Crippen LogP contribution in [0.25, 0.3) is 11.3 Å². The minimum Gasteiger partial charge on any atom is -0.493 e. The van der Waals surface area contributed by atoms with Crippen LogP contribution in [-0.2, 0) is 0 Å². The zero-order valence-electron chi connectivity index (χ0n) is 15.9. The van der Waals surface area contributed by atoms with Crippen molar-refractivity contribution in [1.29, 1.82) is 0 Å².